The Morgan fingerprint density at radius 2 is 2.15 bits per heavy atom. The molecule has 0 bridgehead atoms. The standard InChI is InChI=1S/C9H17BO2S/c1-4-9(3,5-6(2)10)7(13)8(11)12/h6-7,13H,4-5H2,1-3H3,(H,11,12). The number of carboxylic acid groups (broad SMARTS) is 1. The molecular weight excluding hydrogens is 183 g/mol. The van der Waals surface area contributed by atoms with Gasteiger partial charge in [-0.05, 0) is 11.8 Å². The summed E-state index contributed by atoms with van der Waals surface area (Å²) in [5.41, 5.74) is -0.316. The molecule has 0 rings (SSSR count). The third-order valence-electron chi connectivity index (χ3n) is 2.49. The lowest BCUT2D eigenvalue weighted by Crippen LogP contribution is -2.34. The lowest BCUT2D eigenvalue weighted by atomic mass is 9.70. The summed E-state index contributed by atoms with van der Waals surface area (Å²) in [6, 6.07) is 0. The third kappa shape index (κ3) is 3.63. The average molecular weight is 200 g/mol. The van der Waals surface area contributed by atoms with E-state index in [1.54, 1.807) is 0 Å². The fourth-order valence-corrected chi connectivity index (χ4v) is 1.77. The van der Waals surface area contributed by atoms with Crippen molar-refractivity contribution in [2.24, 2.45) is 5.41 Å². The highest BCUT2D eigenvalue weighted by Gasteiger charge is 2.35. The van der Waals surface area contributed by atoms with E-state index in [0.29, 0.717) is 6.42 Å². The van der Waals surface area contributed by atoms with E-state index in [2.05, 4.69) is 12.6 Å². The Morgan fingerprint density at radius 1 is 1.69 bits per heavy atom. The third-order valence-corrected chi connectivity index (χ3v) is 3.33. The highest BCUT2D eigenvalue weighted by molar-refractivity contribution is 7.81. The predicted octanol–water partition coefficient (Wildman–Crippen LogP) is 2.15. The smallest absolute Gasteiger partial charge is 0.316 e. The Bertz CT molecular complexity index is 184. The monoisotopic (exact) mass is 200 g/mol. The second-order valence-electron chi connectivity index (χ2n) is 3.93. The molecule has 1 N–H and O–H groups in total. The van der Waals surface area contributed by atoms with Crippen LogP contribution in [0.2, 0.25) is 5.82 Å². The normalized spacial score (nSPS) is 20.3. The fraction of sp³-hybridized carbons (Fsp3) is 0.889. The molecule has 0 amide bonds. The van der Waals surface area contributed by atoms with Crippen LogP contribution in [0.25, 0.3) is 0 Å². The van der Waals surface area contributed by atoms with Crippen molar-refractivity contribution in [2.75, 3.05) is 0 Å². The van der Waals surface area contributed by atoms with Crippen LogP contribution in [0.5, 0.6) is 0 Å². The van der Waals surface area contributed by atoms with E-state index < -0.39 is 11.2 Å². The van der Waals surface area contributed by atoms with Crippen LogP contribution in [0, 0.1) is 5.41 Å². The fourth-order valence-electron chi connectivity index (χ4n) is 1.48. The van der Waals surface area contributed by atoms with Gasteiger partial charge in [-0.1, -0.05) is 33.0 Å². The van der Waals surface area contributed by atoms with Gasteiger partial charge in [0.05, 0.1) is 7.85 Å². The van der Waals surface area contributed by atoms with Crippen LogP contribution in [-0.4, -0.2) is 24.2 Å². The first-order valence-electron chi connectivity index (χ1n) is 4.50. The maximum atomic E-state index is 10.8. The summed E-state index contributed by atoms with van der Waals surface area (Å²) in [5, 5.41) is 8.21. The van der Waals surface area contributed by atoms with Gasteiger partial charge >= 0.3 is 5.97 Å². The minimum atomic E-state index is -0.867. The van der Waals surface area contributed by atoms with Crippen molar-refractivity contribution < 1.29 is 9.90 Å². The van der Waals surface area contributed by atoms with Gasteiger partial charge in [-0.2, -0.15) is 12.6 Å². The zero-order valence-electron chi connectivity index (χ0n) is 8.45. The molecule has 4 heteroatoms. The van der Waals surface area contributed by atoms with E-state index in [9.17, 15) is 4.79 Å². The topological polar surface area (TPSA) is 37.3 Å². The number of hydrogen-bond donors (Lipinski definition) is 2. The molecule has 0 saturated heterocycles. The van der Waals surface area contributed by atoms with E-state index in [1.165, 1.54) is 0 Å². The van der Waals surface area contributed by atoms with Crippen LogP contribution in [0.4, 0.5) is 0 Å². The first-order valence-corrected chi connectivity index (χ1v) is 5.01. The summed E-state index contributed by atoms with van der Waals surface area (Å²) < 4.78 is 0. The van der Waals surface area contributed by atoms with Gasteiger partial charge in [-0.15, -0.1) is 0 Å². The summed E-state index contributed by atoms with van der Waals surface area (Å²) in [5.74, 6) is -0.854. The van der Waals surface area contributed by atoms with Crippen LogP contribution in [-0.2, 0) is 4.79 Å². The van der Waals surface area contributed by atoms with Gasteiger partial charge in [-0.25, -0.2) is 0 Å². The van der Waals surface area contributed by atoms with Crippen molar-refractivity contribution in [3.05, 3.63) is 0 Å². The lowest BCUT2D eigenvalue weighted by molar-refractivity contribution is -0.138. The van der Waals surface area contributed by atoms with Gasteiger partial charge < -0.3 is 5.11 Å². The molecule has 2 radical (unpaired) electrons. The largest absolute Gasteiger partial charge is 0.480 e. The van der Waals surface area contributed by atoms with Gasteiger partial charge in [0.2, 0.25) is 0 Å². The van der Waals surface area contributed by atoms with E-state index in [0.717, 1.165) is 6.42 Å². The highest BCUT2D eigenvalue weighted by Crippen LogP contribution is 2.37. The quantitative estimate of drug-likeness (QED) is 0.527. The Labute approximate surface area is 86.9 Å². The molecule has 0 heterocycles. The van der Waals surface area contributed by atoms with Crippen LogP contribution >= 0.6 is 12.6 Å². The molecule has 0 aliphatic carbocycles. The average Bonchev–Trinajstić information content (AvgIpc) is 2.01. The first-order chi connectivity index (χ1) is 5.83. The van der Waals surface area contributed by atoms with Crippen LogP contribution < -0.4 is 0 Å². The van der Waals surface area contributed by atoms with Crippen molar-refractivity contribution >= 4 is 26.4 Å². The molecule has 0 spiro atoms. The summed E-state index contributed by atoms with van der Waals surface area (Å²) in [6.45, 7) is 5.77. The molecule has 0 aromatic carbocycles. The molecular formula is C9H17BO2S. The van der Waals surface area contributed by atoms with E-state index in [1.807, 2.05) is 20.8 Å². The molecule has 0 aliphatic heterocycles. The Balaban J connectivity index is 4.51. The Hall–Kier alpha value is -0.115. The molecule has 0 aliphatic rings. The number of carboxylic acids is 1. The van der Waals surface area contributed by atoms with Gasteiger partial charge in [0.25, 0.3) is 0 Å². The van der Waals surface area contributed by atoms with Crippen molar-refractivity contribution in [3.63, 3.8) is 0 Å². The van der Waals surface area contributed by atoms with Crippen LogP contribution in [0.3, 0.4) is 0 Å². The molecule has 3 unspecified atom stereocenters. The molecule has 0 saturated carbocycles. The van der Waals surface area contributed by atoms with E-state index in [4.69, 9.17) is 13.0 Å². The summed E-state index contributed by atoms with van der Waals surface area (Å²) in [7, 11) is 5.67. The Morgan fingerprint density at radius 3 is 2.38 bits per heavy atom. The number of carbonyl (C=O) groups is 1. The molecule has 74 valence electrons. The second kappa shape index (κ2) is 4.94. The second-order valence-corrected chi connectivity index (χ2v) is 4.45. The van der Waals surface area contributed by atoms with Gasteiger partial charge in [-0.3, -0.25) is 4.79 Å². The minimum absolute atomic E-state index is 0.0129. The number of hydrogen-bond acceptors (Lipinski definition) is 2. The maximum Gasteiger partial charge on any atom is 0.316 e. The van der Waals surface area contributed by atoms with Crippen molar-refractivity contribution in [3.8, 4) is 0 Å². The van der Waals surface area contributed by atoms with Crippen molar-refractivity contribution in [1.29, 1.82) is 0 Å². The minimum Gasteiger partial charge on any atom is -0.480 e. The molecule has 3 atom stereocenters. The van der Waals surface area contributed by atoms with E-state index >= 15 is 0 Å². The molecule has 2 nitrogen and oxygen atoms in total. The summed E-state index contributed by atoms with van der Waals surface area (Å²) >= 11 is 4.11. The summed E-state index contributed by atoms with van der Waals surface area (Å²) in [6.07, 6.45) is 1.46. The van der Waals surface area contributed by atoms with Gasteiger partial charge in [0.15, 0.2) is 0 Å². The highest BCUT2D eigenvalue weighted by atomic mass is 32.1. The zero-order valence-corrected chi connectivity index (χ0v) is 9.34. The maximum absolute atomic E-state index is 10.8. The van der Waals surface area contributed by atoms with Crippen molar-refractivity contribution in [2.45, 2.75) is 44.7 Å². The Kier molecular flexibility index (Phi) is 4.90. The lowest BCUT2D eigenvalue weighted by Gasteiger charge is -2.33. The summed E-state index contributed by atoms with van der Waals surface area (Å²) in [4.78, 5) is 10.8. The molecule has 0 fully saturated rings. The number of aliphatic carboxylic acids is 1. The first kappa shape index (κ1) is 12.9. The zero-order chi connectivity index (χ0) is 10.6. The molecule has 0 aromatic rings. The van der Waals surface area contributed by atoms with Crippen LogP contribution in [0.1, 0.15) is 33.6 Å². The van der Waals surface area contributed by atoms with E-state index in [-0.39, 0.29) is 11.2 Å². The molecule has 0 aromatic heterocycles. The van der Waals surface area contributed by atoms with Gasteiger partial charge in [0.1, 0.15) is 5.25 Å². The predicted molar refractivity (Wildman–Crippen MR) is 58.6 cm³/mol. The number of rotatable bonds is 5. The molecule has 13 heavy (non-hydrogen) atoms. The van der Waals surface area contributed by atoms with Gasteiger partial charge in [0, 0.05) is 0 Å². The SMILES string of the molecule is [B]C(C)CC(C)(CC)C(S)C(=O)O. The number of thiol groups is 1. The van der Waals surface area contributed by atoms with Crippen LogP contribution in [0.15, 0.2) is 0 Å². The van der Waals surface area contributed by atoms with Crippen molar-refractivity contribution in [1.82, 2.24) is 0 Å².